The molecule has 2 saturated heterocycles. The van der Waals surface area contributed by atoms with Gasteiger partial charge in [0.2, 0.25) is 23.6 Å². The van der Waals surface area contributed by atoms with E-state index in [4.69, 9.17) is 4.74 Å². The highest BCUT2D eigenvalue weighted by Crippen LogP contribution is 2.58. The Hall–Kier alpha value is -6.32. The van der Waals surface area contributed by atoms with Crippen LogP contribution < -0.4 is 19.4 Å². The third-order valence-electron chi connectivity index (χ3n) is 12.1. The first-order valence-corrected chi connectivity index (χ1v) is 19.4. The predicted molar refractivity (Wildman–Crippen MR) is 219 cm³/mol. The van der Waals surface area contributed by atoms with E-state index in [9.17, 15) is 24.3 Å². The van der Waals surface area contributed by atoms with Gasteiger partial charge in [0.15, 0.2) is 0 Å². The van der Waals surface area contributed by atoms with Gasteiger partial charge in [-0.25, -0.2) is 0 Å². The van der Waals surface area contributed by atoms with Crippen LogP contribution in [0.2, 0.25) is 0 Å². The number of hydrogen-bond acceptors (Lipinski definition) is 7. The number of anilines is 5. The van der Waals surface area contributed by atoms with Crippen LogP contribution in [0.1, 0.15) is 37.5 Å². The molecule has 3 aliphatic carbocycles. The van der Waals surface area contributed by atoms with Crippen LogP contribution in [0.5, 0.6) is 11.5 Å². The van der Waals surface area contributed by atoms with Gasteiger partial charge in [0, 0.05) is 28.9 Å². The number of aryl methyl sites for hydroxylation is 1. The van der Waals surface area contributed by atoms with Crippen LogP contribution in [0, 0.1) is 42.4 Å². The topological polar surface area (TPSA) is 107 Å². The Morgan fingerprint density at radius 3 is 1.32 bits per heavy atom. The largest absolute Gasteiger partial charge is 0.457 e. The fraction of sp³-hybridized carbons (Fsp3) is 0.250. The molecule has 286 valence electrons. The van der Waals surface area contributed by atoms with E-state index >= 15 is 0 Å². The summed E-state index contributed by atoms with van der Waals surface area (Å²) in [5, 5.41) is 9.60. The van der Waals surface area contributed by atoms with Crippen molar-refractivity contribution >= 4 is 52.1 Å². The number of hydrogen-bond donors (Lipinski definition) is 1. The quantitative estimate of drug-likeness (QED) is 0.125. The molecule has 2 aliphatic heterocycles. The number of carbonyl (C=O) groups excluding carboxylic acids is 4. The predicted octanol–water partition coefficient (Wildman–Crippen LogP) is 8.77. The third-order valence-corrected chi connectivity index (χ3v) is 12.1. The minimum Gasteiger partial charge on any atom is -0.457 e. The van der Waals surface area contributed by atoms with Crippen LogP contribution in [0.25, 0.3) is 0 Å². The summed E-state index contributed by atoms with van der Waals surface area (Å²) in [6.45, 7) is 8.43. The number of rotatable bonds is 8. The molecule has 3 fully saturated rings. The average molecular weight is 758 g/mol. The van der Waals surface area contributed by atoms with E-state index in [-0.39, 0.29) is 35.7 Å². The van der Waals surface area contributed by atoms with Gasteiger partial charge in [0.25, 0.3) is 0 Å². The zero-order chi connectivity index (χ0) is 39.7. The van der Waals surface area contributed by atoms with Crippen LogP contribution in [0.3, 0.4) is 0 Å². The van der Waals surface area contributed by atoms with E-state index in [0.717, 1.165) is 28.2 Å². The first kappa shape index (κ1) is 36.3. The third kappa shape index (κ3) is 6.05. The van der Waals surface area contributed by atoms with E-state index in [1.165, 1.54) is 15.4 Å². The van der Waals surface area contributed by atoms with E-state index in [0.29, 0.717) is 22.9 Å². The molecular formula is C48H43N3O6. The van der Waals surface area contributed by atoms with E-state index in [2.05, 4.69) is 25.7 Å². The zero-order valence-corrected chi connectivity index (χ0v) is 32.2. The first-order valence-electron chi connectivity index (χ1n) is 19.4. The molecule has 57 heavy (non-hydrogen) atoms. The molecule has 2 bridgehead atoms. The second-order valence-electron chi connectivity index (χ2n) is 16.5. The van der Waals surface area contributed by atoms with Crippen molar-refractivity contribution in [3.05, 3.63) is 150 Å². The van der Waals surface area contributed by atoms with Gasteiger partial charge in [-0.2, -0.15) is 0 Å². The van der Waals surface area contributed by atoms with Crippen LogP contribution in [0.4, 0.5) is 28.4 Å². The number of allylic oxidation sites excluding steroid dienone is 2. The molecule has 1 N–H and O–H groups in total. The maximum atomic E-state index is 14.3. The van der Waals surface area contributed by atoms with Gasteiger partial charge in [0.1, 0.15) is 11.5 Å². The Bertz CT molecular complexity index is 2370. The number of benzene rings is 5. The van der Waals surface area contributed by atoms with Crippen molar-refractivity contribution in [3.63, 3.8) is 0 Å². The summed E-state index contributed by atoms with van der Waals surface area (Å²) < 4.78 is 6.06. The van der Waals surface area contributed by atoms with Crippen molar-refractivity contribution < 1.29 is 29.0 Å². The Morgan fingerprint density at radius 1 is 0.544 bits per heavy atom. The van der Waals surface area contributed by atoms with Crippen molar-refractivity contribution in [1.29, 1.82) is 0 Å². The van der Waals surface area contributed by atoms with Crippen molar-refractivity contribution in [1.82, 2.24) is 0 Å². The van der Waals surface area contributed by atoms with Gasteiger partial charge >= 0.3 is 0 Å². The molecule has 2 heterocycles. The van der Waals surface area contributed by atoms with Gasteiger partial charge < -0.3 is 14.7 Å². The molecular weight excluding hydrogens is 715 g/mol. The van der Waals surface area contributed by atoms with Crippen molar-refractivity contribution in [2.24, 2.45) is 35.5 Å². The number of imide groups is 2. The molecule has 4 amide bonds. The van der Waals surface area contributed by atoms with E-state index < -0.39 is 35.5 Å². The highest BCUT2D eigenvalue weighted by molar-refractivity contribution is 6.26. The summed E-state index contributed by atoms with van der Waals surface area (Å²) in [7, 11) is 0. The smallest absolute Gasteiger partial charge is 0.238 e. The number of carbonyl (C=O) groups is 4. The van der Waals surface area contributed by atoms with Gasteiger partial charge in [-0.15, -0.1) is 0 Å². The maximum absolute atomic E-state index is 14.3. The lowest BCUT2D eigenvalue weighted by atomic mass is 9.54. The Kier molecular flexibility index (Phi) is 8.73. The molecule has 0 aromatic heterocycles. The number of aliphatic hydroxyl groups excluding tert-OH is 1. The highest BCUT2D eigenvalue weighted by atomic mass is 16.5. The molecule has 9 nitrogen and oxygen atoms in total. The standard InChI is InChI=1S/C48H43N3O6/c1-28-5-11-31(12-6-28)49(32-13-7-29(27-52)8-14-32)33-15-17-34(18-16-33)50-44(53)40-38-25-26-39(41(40)45(50)54)43-42(38)46(55)51(47(43)56)35-19-23-37(24-20-35)57-36-21-9-30(10-22-36)48(2,3)4/h5-26,38-43,52H,27H2,1-4H3. The summed E-state index contributed by atoms with van der Waals surface area (Å²) in [6.07, 6.45) is 3.76. The molecule has 5 aromatic carbocycles. The minimum absolute atomic E-state index is 0.0223. The summed E-state index contributed by atoms with van der Waals surface area (Å²) in [4.78, 5) is 61.5. The fourth-order valence-corrected chi connectivity index (χ4v) is 9.20. The maximum Gasteiger partial charge on any atom is 0.238 e. The Balaban J connectivity index is 0.945. The van der Waals surface area contributed by atoms with Gasteiger partial charge in [-0.05, 0) is 108 Å². The summed E-state index contributed by atoms with van der Waals surface area (Å²) in [6, 6.07) is 37.9. The molecule has 5 aliphatic rings. The SMILES string of the molecule is Cc1ccc(N(c2ccc(CO)cc2)c2ccc(N3C(=O)C4C5C=CC(C6C(=O)N(c7ccc(Oc8ccc(C(C)(C)C)cc8)cc7)C(=O)C56)C4C3=O)cc2)cc1. The minimum atomic E-state index is -0.736. The highest BCUT2D eigenvalue weighted by Gasteiger charge is 2.68. The monoisotopic (exact) mass is 757 g/mol. The van der Waals surface area contributed by atoms with E-state index in [1.54, 1.807) is 36.4 Å². The molecule has 6 atom stereocenters. The lowest BCUT2D eigenvalue weighted by Gasteiger charge is -2.44. The van der Waals surface area contributed by atoms with E-state index in [1.807, 2.05) is 104 Å². The fourth-order valence-electron chi connectivity index (χ4n) is 9.20. The van der Waals surface area contributed by atoms with Gasteiger partial charge in [-0.1, -0.05) is 74.9 Å². The zero-order valence-electron chi connectivity index (χ0n) is 32.2. The lowest BCUT2D eigenvalue weighted by molar-refractivity contribution is -0.137. The Labute approximate surface area is 331 Å². The Morgan fingerprint density at radius 2 is 0.912 bits per heavy atom. The van der Waals surface area contributed by atoms with Crippen LogP contribution in [0.15, 0.2) is 133 Å². The second-order valence-corrected chi connectivity index (χ2v) is 16.5. The molecule has 9 heteroatoms. The van der Waals surface area contributed by atoms with Crippen LogP contribution in [-0.4, -0.2) is 28.7 Å². The molecule has 6 unspecified atom stereocenters. The van der Waals surface area contributed by atoms with Gasteiger partial charge in [-0.3, -0.25) is 29.0 Å². The number of aliphatic hydroxyl groups is 1. The molecule has 0 spiro atoms. The number of amides is 4. The lowest BCUT2D eigenvalue weighted by Crippen LogP contribution is -2.50. The van der Waals surface area contributed by atoms with Crippen molar-refractivity contribution in [2.75, 3.05) is 14.7 Å². The van der Waals surface area contributed by atoms with Crippen molar-refractivity contribution in [2.45, 2.75) is 39.7 Å². The first-order chi connectivity index (χ1) is 27.4. The molecule has 0 radical (unpaired) electrons. The van der Waals surface area contributed by atoms with Crippen LogP contribution >= 0.6 is 0 Å². The van der Waals surface area contributed by atoms with Crippen molar-refractivity contribution in [3.8, 4) is 11.5 Å². The second kappa shape index (κ2) is 13.7. The summed E-state index contributed by atoms with van der Waals surface area (Å²) >= 11 is 0. The van der Waals surface area contributed by atoms with Gasteiger partial charge in [0.05, 0.1) is 41.7 Å². The summed E-state index contributed by atoms with van der Waals surface area (Å²) in [5.41, 5.74) is 6.64. The van der Waals surface area contributed by atoms with Crippen LogP contribution in [-0.2, 0) is 31.2 Å². The molecule has 10 rings (SSSR count). The number of nitrogens with zero attached hydrogens (tertiary/aromatic N) is 3. The summed E-state index contributed by atoms with van der Waals surface area (Å²) in [5.74, 6) is -4.23. The number of ether oxygens (including phenoxy) is 1. The normalized spacial score (nSPS) is 23.6. The molecule has 1 saturated carbocycles. The average Bonchev–Trinajstić information content (AvgIpc) is 3.66. The molecule has 5 aromatic rings.